The minimum atomic E-state index is -1.19. The highest BCUT2D eigenvalue weighted by molar-refractivity contribution is 14.1. The van der Waals surface area contributed by atoms with Gasteiger partial charge in [0.1, 0.15) is 24.6 Å². The third-order valence-corrected chi connectivity index (χ3v) is 7.44. The Morgan fingerprint density at radius 1 is 1.33 bits per heavy atom. The third kappa shape index (κ3) is 8.13. The first-order chi connectivity index (χ1) is 18.8. The number of aliphatic hydroxyl groups excluding tert-OH is 2. The summed E-state index contributed by atoms with van der Waals surface area (Å²) < 4.78 is 23.4. The van der Waals surface area contributed by atoms with Gasteiger partial charge < -0.3 is 39.4 Å². The molecule has 1 saturated heterocycles. The van der Waals surface area contributed by atoms with Crippen molar-refractivity contribution in [1.29, 1.82) is 0 Å². The van der Waals surface area contributed by atoms with E-state index >= 15 is 0 Å². The van der Waals surface area contributed by atoms with E-state index in [9.17, 15) is 24.6 Å². The predicted octanol–water partition coefficient (Wildman–Crippen LogP) is 1.46. The molecule has 1 aliphatic carbocycles. The lowest BCUT2D eigenvalue weighted by atomic mass is 9.87. The maximum Gasteiger partial charge on any atom is 0.252 e. The molecule has 4 atom stereocenters. The third-order valence-electron chi connectivity index (χ3n) is 6.64. The Labute approximate surface area is 241 Å². The molecule has 39 heavy (non-hydrogen) atoms. The first-order valence-electron chi connectivity index (χ1n) is 13.1. The van der Waals surface area contributed by atoms with E-state index < -0.39 is 30.3 Å². The fraction of sp³-hybridized carbons (Fsp3) is 0.593. The number of methoxy groups -OCH3 is 1. The van der Waals surface area contributed by atoms with Crippen LogP contribution in [-0.2, 0) is 19.1 Å². The molecule has 0 aromatic heterocycles. The summed E-state index contributed by atoms with van der Waals surface area (Å²) in [5.41, 5.74) is 0.713. The van der Waals surface area contributed by atoms with E-state index in [0.717, 1.165) is 6.42 Å². The van der Waals surface area contributed by atoms with Crippen LogP contribution in [0.1, 0.15) is 43.0 Å². The summed E-state index contributed by atoms with van der Waals surface area (Å²) in [6.07, 6.45) is 1.38. The van der Waals surface area contributed by atoms with Gasteiger partial charge in [-0.15, -0.1) is 0 Å². The molecule has 0 bridgehead atoms. The largest absolute Gasteiger partial charge is 0.493 e. The summed E-state index contributed by atoms with van der Waals surface area (Å²) in [5.74, 6) is -0.0761. The second kappa shape index (κ2) is 15.5. The van der Waals surface area contributed by atoms with E-state index in [1.54, 1.807) is 11.0 Å². The van der Waals surface area contributed by atoms with Crippen LogP contribution in [0, 0.1) is 3.57 Å². The number of nitrogens with one attached hydrogen (secondary N) is 1. The van der Waals surface area contributed by atoms with Gasteiger partial charge in [-0.25, -0.2) is 0 Å². The van der Waals surface area contributed by atoms with Gasteiger partial charge in [-0.1, -0.05) is 0 Å². The molecule has 1 fully saturated rings. The van der Waals surface area contributed by atoms with E-state index in [0.29, 0.717) is 71.7 Å². The summed E-state index contributed by atoms with van der Waals surface area (Å²) in [6, 6.07) is 2.36. The standard InChI is InChI=1S/C27H37IN2O9/c1-3-37-10-5-8-30(27(35)21-6-4-11-38-21)20-14-18(26(34)29-7-9-31)15-22(24(20)33)39-25-19(28)12-17(16-32)13-23(25)36-2/h12-13,15-16,20-22,24,31,33H,3-11,14H2,1-2H3,(H,29,34)/t20-,21?,22+,24+/m1/s1. The molecule has 1 aromatic carbocycles. The quantitative estimate of drug-likeness (QED) is 0.154. The monoisotopic (exact) mass is 660 g/mol. The number of carbonyl (C=O) groups is 3. The maximum absolute atomic E-state index is 13.6. The van der Waals surface area contributed by atoms with Crippen LogP contribution in [0.2, 0.25) is 0 Å². The molecule has 216 valence electrons. The number of carbonyl (C=O) groups excluding carboxylic acids is 3. The van der Waals surface area contributed by atoms with Crippen molar-refractivity contribution in [2.45, 2.75) is 57.0 Å². The highest BCUT2D eigenvalue weighted by Crippen LogP contribution is 2.37. The van der Waals surface area contributed by atoms with Crippen LogP contribution in [0.25, 0.3) is 0 Å². The van der Waals surface area contributed by atoms with Crippen molar-refractivity contribution in [3.63, 3.8) is 0 Å². The highest BCUT2D eigenvalue weighted by Gasteiger charge is 2.42. The second-order valence-corrected chi connectivity index (χ2v) is 10.4. The Hall–Kier alpha value is -2.26. The fourth-order valence-electron chi connectivity index (χ4n) is 4.72. The van der Waals surface area contributed by atoms with Crippen LogP contribution < -0.4 is 14.8 Å². The Balaban J connectivity index is 1.97. The van der Waals surface area contributed by atoms with Gasteiger partial charge in [0.25, 0.3) is 5.91 Å². The van der Waals surface area contributed by atoms with Crippen molar-refractivity contribution in [3.05, 3.63) is 32.9 Å². The van der Waals surface area contributed by atoms with Gasteiger partial charge in [0, 0.05) is 50.5 Å². The van der Waals surface area contributed by atoms with Crippen molar-refractivity contribution < 1.29 is 43.5 Å². The SMILES string of the molecule is CCOCCCN(C(=O)C1CCCO1)[C@@H]1CC(C(=O)NCCO)=C[C@H](Oc2c(I)cc(C=O)cc2OC)[C@H]1O. The molecule has 0 spiro atoms. The topological polar surface area (TPSA) is 144 Å². The minimum absolute atomic E-state index is 0.0563. The number of nitrogens with zero attached hydrogens (tertiary/aromatic N) is 1. The molecule has 12 heteroatoms. The Bertz CT molecular complexity index is 1030. The summed E-state index contributed by atoms with van der Waals surface area (Å²) in [4.78, 5) is 39.5. The lowest BCUT2D eigenvalue weighted by Gasteiger charge is -2.41. The lowest BCUT2D eigenvalue weighted by molar-refractivity contribution is -0.148. The van der Waals surface area contributed by atoms with Crippen LogP contribution in [0.5, 0.6) is 11.5 Å². The molecule has 1 aromatic rings. The molecule has 0 radical (unpaired) electrons. The van der Waals surface area contributed by atoms with Crippen LogP contribution in [0.3, 0.4) is 0 Å². The van der Waals surface area contributed by atoms with Gasteiger partial charge in [-0.05, 0) is 67.0 Å². The first-order valence-corrected chi connectivity index (χ1v) is 14.2. The summed E-state index contributed by atoms with van der Waals surface area (Å²) in [7, 11) is 1.44. The molecule has 3 N–H and O–H groups in total. The van der Waals surface area contributed by atoms with E-state index in [-0.39, 0.29) is 25.5 Å². The molecule has 0 saturated carbocycles. The molecule has 2 amide bonds. The van der Waals surface area contributed by atoms with E-state index in [4.69, 9.17) is 18.9 Å². The van der Waals surface area contributed by atoms with Crippen LogP contribution >= 0.6 is 22.6 Å². The smallest absolute Gasteiger partial charge is 0.252 e. The Morgan fingerprint density at radius 3 is 2.77 bits per heavy atom. The second-order valence-electron chi connectivity index (χ2n) is 9.25. The summed E-state index contributed by atoms with van der Waals surface area (Å²) in [5, 5.41) is 23.4. The van der Waals surface area contributed by atoms with Crippen molar-refractivity contribution in [1.82, 2.24) is 10.2 Å². The summed E-state index contributed by atoms with van der Waals surface area (Å²) in [6.45, 7) is 3.49. The number of amides is 2. The van der Waals surface area contributed by atoms with Crippen molar-refractivity contribution >= 4 is 40.7 Å². The number of hydrogen-bond donors (Lipinski definition) is 3. The number of hydrogen-bond acceptors (Lipinski definition) is 9. The van der Waals surface area contributed by atoms with E-state index in [1.165, 1.54) is 19.3 Å². The summed E-state index contributed by atoms with van der Waals surface area (Å²) >= 11 is 2.01. The minimum Gasteiger partial charge on any atom is -0.493 e. The molecule has 1 unspecified atom stereocenters. The predicted molar refractivity (Wildman–Crippen MR) is 150 cm³/mol. The van der Waals surface area contributed by atoms with Crippen molar-refractivity contribution in [2.24, 2.45) is 0 Å². The van der Waals surface area contributed by atoms with Gasteiger partial charge in [-0.2, -0.15) is 0 Å². The zero-order chi connectivity index (χ0) is 28.4. The average Bonchev–Trinajstić information content (AvgIpc) is 3.48. The molecular formula is C27H37IN2O9. The Morgan fingerprint density at radius 2 is 2.13 bits per heavy atom. The lowest BCUT2D eigenvalue weighted by Crippen LogP contribution is -2.57. The zero-order valence-corrected chi connectivity index (χ0v) is 24.4. The van der Waals surface area contributed by atoms with Gasteiger partial charge in [0.2, 0.25) is 5.91 Å². The maximum atomic E-state index is 13.6. The fourth-order valence-corrected chi connectivity index (χ4v) is 5.47. The molecule has 1 heterocycles. The van der Waals surface area contributed by atoms with Crippen LogP contribution in [0.4, 0.5) is 0 Å². The van der Waals surface area contributed by atoms with Crippen molar-refractivity contribution in [2.75, 3.05) is 46.6 Å². The van der Waals surface area contributed by atoms with Gasteiger partial charge in [-0.3, -0.25) is 14.4 Å². The van der Waals surface area contributed by atoms with Crippen LogP contribution in [0.15, 0.2) is 23.8 Å². The normalized spacial score (nSPS) is 22.6. The number of benzene rings is 1. The van der Waals surface area contributed by atoms with E-state index in [2.05, 4.69) is 5.32 Å². The molecule has 1 aliphatic heterocycles. The number of rotatable bonds is 14. The molecule has 2 aliphatic rings. The van der Waals surface area contributed by atoms with Gasteiger partial charge in [0.15, 0.2) is 11.5 Å². The molecule has 11 nitrogen and oxygen atoms in total. The number of aldehydes is 1. The zero-order valence-electron chi connectivity index (χ0n) is 22.3. The van der Waals surface area contributed by atoms with E-state index in [1.807, 2.05) is 29.5 Å². The Kier molecular flexibility index (Phi) is 12.4. The number of halogens is 1. The molecule has 3 rings (SSSR count). The number of aliphatic hydroxyl groups is 2. The average molecular weight is 661 g/mol. The van der Waals surface area contributed by atoms with Crippen molar-refractivity contribution in [3.8, 4) is 11.5 Å². The molecular weight excluding hydrogens is 623 g/mol. The first kappa shape index (κ1) is 31.3. The number of ether oxygens (including phenoxy) is 4. The van der Waals surface area contributed by atoms with Gasteiger partial charge in [0.05, 0.1) is 23.3 Å². The highest BCUT2D eigenvalue weighted by atomic mass is 127. The van der Waals surface area contributed by atoms with Crippen LogP contribution in [-0.4, -0.2) is 104 Å². The van der Waals surface area contributed by atoms with Gasteiger partial charge >= 0.3 is 0 Å².